The van der Waals surface area contributed by atoms with Gasteiger partial charge in [0, 0.05) is 23.6 Å². The fourth-order valence-electron chi connectivity index (χ4n) is 3.26. The van der Waals surface area contributed by atoms with Crippen LogP contribution < -0.4 is 10.1 Å². The van der Waals surface area contributed by atoms with Crippen molar-refractivity contribution in [1.82, 2.24) is 10.3 Å². The van der Waals surface area contributed by atoms with Crippen molar-refractivity contribution in [2.45, 2.75) is 18.6 Å². The molecule has 1 aromatic heterocycles. The molecule has 28 heavy (non-hydrogen) atoms. The molecule has 0 spiro atoms. The summed E-state index contributed by atoms with van der Waals surface area (Å²) in [6.07, 6.45) is 2.83. The predicted molar refractivity (Wildman–Crippen MR) is 113 cm³/mol. The highest BCUT2D eigenvalue weighted by molar-refractivity contribution is 7.99. The maximum Gasteiger partial charge on any atom is 0.252 e. The van der Waals surface area contributed by atoms with Gasteiger partial charge in [0.15, 0.2) is 0 Å². The first kappa shape index (κ1) is 18.6. The van der Waals surface area contributed by atoms with Gasteiger partial charge in [-0.2, -0.15) is 11.8 Å². The van der Waals surface area contributed by atoms with E-state index in [0.29, 0.717) is 11.4 Å². The monoisotopic (exact) mass is 390 g/mol. The number of carbonyl (C=O) groups excluding carboxylic acids is 1. The summed E-state index contributed by atoms with van der Waals surface area (Å²) in [4.78, 5) is 17.3. The van der Waals surface area contributed by atoms with Crippen molar-refractivity contribution in [1.29, 1.82) is 0 Å². The molecule has 1 aliphatic heterocycles. The van der Waals surface area contributed by atoms with Gasteiger partial charge in [0.25, 0.3) is 5.91 Å². The molecule has 0 saturated carbocycles. The van der Waals surface area contributed by atoms with Gasteiger partial charge in [-0.1, -0.05) is 60.7 Å². The van der Waals surface area contributed by atoms with Gasteiger partial charge in [-0.05, 0) is 29.4 Å². The smallest absolute Gasteiger partial charge is 0.252 e. The van der Waals surface area contributed by atoms with Crippen LogP contribution in [0.25, 0.3) is 0 Å². The molecule has 1 fully saturated rings. The van der Waals surface area contributed by atoms with Crippen LogP contribution in [0.2, 0.25) is 0 Å². The molecular weight excluding hydrogens is 368 g/mol. The van der Waals surface area contributed by atoms with Crippen molar-refractivity contribution in [2.75, 3.05) is 11.5 Å². The lowest BCUT2D eigenvalue weighted by molar-refractivity contribution is 0.0942. The summed E-state index contributed by atoms with van der Waals surface area (Å²) in [6, 6.07) is 23.2. The van der Waals surface area contributed by atoms with E-state index in [2.05, 4.69) is 10.3 Å². The summed E-state index contributed by atoms with van der Waals surface area (Å²) in [5.74, 6) is 2.45. The molecule has 0 aliphatic carbocycles. The van der Waals surface area contributed by atoms with E-state index in [1.165, 1.54) is 0 Å². The number of carbonyl (C=O) groups is 1. The van der Waals surface area contributed by atoms with Crippen molar-refractivity contribution < 1.29 is 9.53 Å². The zero-order chi connectivity index (χ0) is 19.2. The van der Waals surface area contributed by atoms with E-state index >= 15 is 0 Å². The van der Waals surface area contributed by atoms with Gasteiger partial charge in [-0.25, -0.2) is 4.98 Å². The van der Waals surface area contributed by atoms with E-state index in [1.807, 2.05) is 72.4 Å². The molecule has 1 aliphatic rings. The minimum Gasteiger partial charge on any atom is -0.473 e. The number of nitrogens with one attached hydrogen (secondary N) is 1. The summed E-state index contributed by atoms with van der Waals surface area (Å²) in [6.45, 7) is 0. The Morgan fingerprint density at radius 3 is 2.32 bits per heavy atom. The number of thioether (sulfide) groups is 1. The lowest BCUT2D eigenvalue weighted by atomic mass is 9.98. The molecule has 1 amide bonds. The van der Waals surface area contributed by atoms with Crippen molar-refractivity contribution >= 4 is 17.7 Å². The molecule has 0 bridgehead atoms. The number of rotatable bonds is 6. The molecule has 4 nitrogen and oxygen atoms in total. The first-order valence-corrected chi connectivity index (χ1v) is 10.6. The second-order valence-electron chi connectivity index (χ2n) is 6.71. The number of aromatic nitrogens is 1. The Morgan fingerprint density at radius 1 is 1.04 bits per heavy atom. The minimum absolute atomic E-state index is 0.147. The molecule has 2 heterocycles. The van der Waals surface area contributed by atoms with E-state index in [0.717, 1.165) is 29.1 Å². The summed E-state index contributed by atoms with van der Waals surface area (Å²) < 4.78 is 5.93. The van der Waals surface area contributed by atoms with Gasteiger partial charge < -0.3 is 10.1 Å². The average molecular weight is 391 g/mol. The Balaban J connectivity index is 1.54. The van der Waals surface area contributed by atoms with Crippen LogP contribution in [0.3, 0.4) is 0 Å². The number of benzene rings is 2. The Hall–Kier alpha value is -2.79. The summed E-state index contributed by atoms with van der Waals surface area (Å²) in [5.41, 5.74) is 2.62. The lowest BCUT2D eigenvalue weighted by Crippen LogP contribution is -2.29. The van der Waals surface area contributed by atoms with Gasteiger partial charge in [0.05, 0.1) is 6.04 Å². The number of amides is 1. The SMILES string of the molecule is O=C(NC(c1ccccc1)c1ccccc1)c1ccnc(OC2CCSC2)c1. The van der Waals surface area contributed by atoms with Crippen LogP contribution in [0.15, 0.2) is 79.0 Å². The standard InChI is InChI=1S/C23H22N2O2S/c26-23(19-11-13-24-21(15-19)27-20-12-14-28-16-20)25-22(17-7-3-1-4-8-17)18-9-5-2-6-10-18/h1-11,13,15,20,22H,12,14,16H2,(H,25,26). The fraction of sp³-hybridized carbons (Fsp3) is 0.217. The van der Waals surface area contributed by atoms with Gasteiger partial charge >= 0.3 is 0 Å². The first-order valence-electron chi connectivity index (χ1n) is 9.41. The highest BCUT2D eigenvalue weighted by atomic mass is 32.2. The Morgan fingerprint density at radius 2 is 1.71 bits per heavy atom. The Bertz CT molecular complexity index is 873. The molecule has 3 aromatic rings. The third-order valence-electron chi connectivity index (χ3n) is 4.71. The number of pyridine rings is 1. The predicted octanol–water partition coefficient (Wildman–Crippen LogP) is 4.49. The number of ether oxygens (including phenoxy) is 1. The second kappa shape index (κ2) is 8.93. The Kier molecular flexibility index (Phi) is 5.92. The van der Waals surface area contributed by atoms with E-state index in [1.54, 1.807) is 18.3 Å². The van der Waals surface area contributed by atoms with E-state index in [-0.39, 0.29) is 18.1 Å². The number of hydrogen-bond donors (Lipinski definition) is 1. The van der Waals surface area contributed by atoms with Crippen molar-refractivity contribution in [2.24, 2.45) is 0 Å². The maximum absolute atomic E-state index is 13.0. The summed E-state index contributed by atoms with van der Waals surface area (Å²) in [5, 5.41) is 3.16. The second-order valence-corrected chi connectivity index (χ2v) is 7.86. The van der Waals surface area contributed by atoms with Crippen LogP contribution in [0.5, 0.6) is 5.88 Å². The zero-order valence-corrected chi connectivity index (χ0v) is 16.3. The fourth-order valence-corrected chi connectivity index (χ4v) is 4.35. The quantitative estimate of drug-likeness (QED) is 0.674. The molecule has 4 rings (SSSR count). The van der Waals surface area contributed by atoms with Crippen LogP contribution in [-0.2, 0) is 0 Å². The number of hydrogen-bond acceptors (Lipinski definition) is 4. The number of nitrogens with zero attached hydrogens (tertiary/aromatic N) is 1. The van der Waals surface area contributed by atoms with Crippen molar-refractivity contribution in [3.8, 4) is 5.88 Å². The first-order chi connectivity index (χ1) is 13.8. The normalized spacial score (nSPS) is 16.1. The topological polar surface area (TPSA) is 51.2 Å². The molecule has 1 N–H and O–H groups in total. The molecule has 5 heteroatoms. The van der Waals surface area contributed by atoms with E-state index in [9.17, 15) is 4.79 Å². The largest absolute Gasteiger partial charge is 0.473 e. The van der Waals surface area contributed by atoms with Gasteiger partial charge in [-0.3, -0.25) is 4.79 Å². The maximum atomic E-state index is 13.0. The third-order valence-corrected chi connectivity index (χ3v) is 5.85. The van der Waals surface area contributed by atoms with E-state index < -0.39 is 0 Å². The Labute approximate surface area is 169 Å². The minimum atomic E-state index is -0.223. The summed E-state index contributed by atoms with van der Waals surface area (Å²) >= 11 is 1.88. The lowest BCUT2D eigenvalue weighted by Gasteiger charge is -2.20. The van der Waals surface area contributed by atoms with Gasteiger partial charge in [0.2, 0.25) is 5.88 Å². The molecule has 1 saturated heterocycles. The van der Waals surface area contributed by atoms with Gasteiger partial charge in [-0.15, -0.1) is 0 Å². The van der Waals surface area contributed by atoms with Crippen molar-refractivity contribution in [3.63, 3.8) is 0 Å². The summed E-state index contributed by atoms with van der Waals surface area (Å²) in [7, 11) is 0. The highest BCUT2D eigenvalue weighted by Gasteiger charge is 2.20. The average Bonchev–Trinajstić information content (AvgIpc) is 3.26. The van der Waals surface area contributed by atoms with Crippen LogP contribution >= 0.6 is 11.8 Å². The third kappa shape index (κ3) is 4.54. The molecular formula is C23H22N2O2S. The molecule has 0 radical (unpaired) electrons. The van der Waals surface area contributed by atoms with Crippen molar-refractivity contribution in [3.05, 3.63) is 95.7 Å². The zero-order valence-electron chi connectivity index (χ0n) is 15.5. The molecule has 2 aromatic carbocycles. The highest BCUT2D eigenvalue weighted by Crippen LogP contribution is 2.24. The van der Waals surface area contributed by atoms with Gasteiger partial charge in [0.1, 0.15) is 6.10 Å². The van der Waals surface area contributed by atoms with Crippen LogP contribution in [0.4, 0.5) is 0 Å². The molecule has 1 atom stereocenters. The van der Waals surface area contributed by atoms with Crippen LogP contribution in [0.1, 0.15) is 33.9 Å². The van der Waals surface area contributed by atoms with Crippen LogP contribution in [0, 0.1) is 0 Å². The van der Waals surface area contributed by atoms with E-state index in [4.69, 9.17) is 4.74 Å². The molecule has 1 unspecified atom stereocenters. The molecule has 142 valence electrons. The van der Waals surface area contributed by atoms with Crippen LogP contribution in [-0.4, -0.2) is 28.5 Å².